The van der Waals surface area contributed by atoms with Crippen LogP contribution in [0.15, 0.2) is 66.7 Å². The number of aromatic carboxylic acids is 1. The van der Waals surface area contributed by atoms with Gasteiger partial charge >= 0.3 is 5.97 Å². The summed E-state index contributed by atoms with van der Waals surface area (Å²) in [7, 11) is 0. The molecule has 0 bridgehead atoms. The van der Waals surface area contributed by atoms with Crippen LogP contribution in [-0.2, 0) is 6.42 Å². The summed E-state index contributed by atoms with van der Waals surface area (Å²) in [5.41, 5.74) is 1.49. The van der Waals surface area contributed by atoms with Crippen LogP contribution in [0, 0.1) is 0 Å². The normalized spacial score (nSPS) is 10.5. The maximum absolute atomic E-state index is 10.8. The predicted octanol–water partition coefficient (Wildman–Crippen LogP) is 4.16. The van der Waals surface area contributed by atoms with Gasteiger partial charge in [0.25, 0.3) is 0 Å². The van der Waals surface area contributed by atoms with E-state index in [1.807, 2.05) is 12.1 Å². The lowest BCUT2D eigenvalue weighted by atomic mass is 10.1. The van der Waals surface area contributed by atoms with Crippen molar-refractivity contribution < 1.29 is 14.6 Å². The van der Waals surface area contributed by atoms with Crippen LogP contribution in [0.4, 0.5) is 0 Å². The largest absolute Gasteiger partial charge is 0.493 e. The number of rotatable bonds is 5. The number of carboxylic acids is 1. The summed E-state index contributed by atoms with van der Waals surface area (Å²) in [6, 6.07) is 21.1. The molecule has 0 aliphatic heterocycles. The third-order valence-electron chi connectivity index (χ3n) is 3.57. The number of ether oxygens (including phenoxy) is 1. The molecule has 0 aliphatic carbocycles. The predicted molar refractivity (Wildman–Crippen MR) is 86.5 cm³/mol. The van der Waals surface area contributed by atoms with Crippen LogP contribution in [-0.4, -0.2) is 17.7 Å². The van der Waals surface area contributed by atoms with Gasteiger partial charge in [-0.15, -0.1) is 0 Å². The molecule has 0 fully saturated rings. The van der Waals surface area contributed by atoms with E-state index in [4.69, 9.17) is 9.84 Å². The molecule has 3 aromatic carbocycles. The zero-order valence-electron chi connectivity index (χ0n) is 12.0. The Morgan fingerprint density at radius 3 is 2.36 bits per heavy atom. The van der Waals surface area contributed by atoms with Crippen LogP contribution >= 0.6 is 0 Å². The molecule has 0 amide bonds. The Morgan fingerprint density at radius 1 is 0.909 bits per heavy atom. The van der Waals surface area contributed by atoms with Gasteiger partial charge in [-0.05, 0) is 40.6 Å². The first-order valence-corrected chi connectivity index (χ1v) is 7.16. The molecule has 0 spiro atoms. The van der Waals surface area contributed by atoms with Gasteiger partial charge in [-0.2, -0.15) is 0 Å². The minimum absolute atomic E-state index is 0.266. The van der Waals surface area contributed by atoms with E-state index in [9.17, 15) is 4.79 Å². The molecule has 0 unspecified atom stereocenters. The highest BCUT2D eigenvalue weighted by atomic mass is 16.5. The monoisotopic (exact) mass is 292 g/mol. The van der Waals surface area contributed by atoms with Gasteiger partial charge in [0.05, 0.1) is 12.2 Å². The number of hydrogen-bond donors (Lipinski definition) is 1. The van der Waals surface area contributed by atoms with Crippen LogP contribution < -0.4 is 4.74 Å². The lowest BCUT2D eigenvalue weighted by Gasteiger charge is -2.07. The fraction of sp³-hybridized carbons (Fsp3) is 0.105. The van der Waals surface area contributed by atoms with E-state index in [0.29, 0.717) is 12.4 Å². The fourth-order valence-electron chi connectivity index (χ4n) is 2.37. The van der Waals surface area contributed by atoms with Gasteiger partial charge in [0.2, 0.25) is 0 Å². The molecule has 0 saturated heterocycles. The zero-order chi connectivity index (χ0) is 15.4. The minimum atomic E-state index is -0.928. The SMILES string of the molecule is O=C(O)c1ccc(OCCc2ccc3ccccc3c2)cc1. The van der Waals surface area contributed by atoms with E-state index in [2.05, 4.69) is 30.3 Å². The topological polar surface area (TPSA) is 46.5 Å². The van der Waals surface area contributed by atoms with Crippen molar-refractivity contribution in [3.8, 4) is 5.75 Å². The van der Waals surface area contributed by atoms with Crippen LogP contribution in [0.3, 0.4) is 0 Å². The molecular weight excluding hydrogens is 276 g/mol. The Bertz CT molecular complexity index is 791. The van der Waals surface area contributed by atoms with E-state index in [1.165, 1.54) is 16.3 Å². The summed E-state index contributed by atoms with van der Waals surface area (Å²) >= 11 is 0. The second-order valence-corrected chi connectivity index (χ2v) is 5.11. The zero-order valence-corrected chi connectivity index (χ0v) is 12.0. The molecule has 0 aliphatic rings. The van der Waals surface area contributed by atoms with E-state index in [0.717, 1.165) is 6.42 Å². The maximum Gasteiger partial charge on any atom is 0.335 e. The van der Waals surface area contributed by atoms with Crippen molar-refractivity contribution in [3.63, 3.8) is 0 Å². The third kappa shape index (κ3) is 3.26. The molecule has 0 heterocycles. The summed E-state index contributed by atoms with van der Waals surface area (Å²) in [6.07, 6.45) is 0.811. The highest BCUT2D eigenvalue weighted by molar-refractivity contribution is 5.87. The highest BCUT2D eigenvalue weighted by Crippen LogP contribution is 2.17. The molecule has 0 aromatic heterocycles. The van der Waals surface area contributed by atoms with E-state index >= 15 is 0 Å². The van der Waals surface area contributed by atoms with Crippen molar-refractivity contribution >= 4 is 16.7 Å². The Balaban J connectivity index is 1.60. The number of carboxylic acid groups (broad SMARTS) is 1. The third-order valence-corrected chi connectivity index (χ3v) is 3.57. The number of hydrogen-bond acceptors (Lipinski definition) is 2. The summed E-state index contributed by atoms with van der Waals surface area (Å²) in [4.78, 5) is 10.8. The molecule has 110 valence electrons. The van der Waals surface area contributed by atoms with Gasteiger partial charge in [-0.25, -0.2) is 4.79 Å². The van der Waals surface area contributed by atoms with E-state index < -0.39 is 5.97 Å². The molecule has 0 saturated carbocycles. The lowest BCUT2D eigenvalue weighted by molar-refractivity contribution is 0.0697. The first-order valence-electron chi connectivity index (χ1n) is 7.16. The van der Waals surface area contributed by atoms with Gasteiger partial charge in [0.15, 0.2) is 0 Å². The Kier molecular flexibility index (Phi) is 4.05. The Hall–Kier alpha value is -2.81. The number of benzene rings is 3. The van der Waals surface area contributed by atoms with Gasteiger partial charge in [0.1, 0.15) is 5.75 Å². The van der Waals surface area contributed by atoms with Crippen molar-refractivity contribution in [2.24, 2.45) is 0 Å². The van der Waals surface area contributed by atoms with Crippen molar-refractivity contribution in [2.75, 3.05) is 6.61 Å². The standard InChI is InChI=1S/C19H16O3/c20-19(21)16-7-9-18(10-8-16)22-12-11-14-5-6-15-3-1-2-4-17(15)13-14/h1-10,13H,11-12H2,(H,20,21). The molecule has 0 atom stereocenters. The lowest BCUT2D eigenvalue weighted by Crippen LogP contribution is -2.02. The molecule has 3 aromatic rings. The van der Waals surface area contributed by atoms with Crippen molar-refractivity contribution in [3.05, 3.63) is 77.9 Å². The molecule has 3 nitrogen and oxygen atoms in total. The van der Waals surface area contributed by atoms with E-state index in [-0.39, 0.29) is 5.56 Å². The minimum Gasteiger partial charge on any atom is -0.493 e. The molecular formula is C19H16O3. The quantitative estimate of drug-likeness (QED) is 0.768. The van der Waals surface area contributed by atoms with E-state index in [1.54, 1.807) is 24.3 Å². The molecule has 3 rings (SSSR count). The summed E-state index contributed by atoms with van der Waals surface area (Å²) in [5, 5.41) is 11.3. The van der Waals surface area contributed by atoms with Gasteiger partial charge in [-0.3, -0.25) is 0 Å². The van der Waals surface area contributed by atoms with Crippen LogP contribution in [0.5, 0.6) is 5.75 Å². The van der Waals surface area contributed by atoms with Crippen molar-refractivity contribution in [2.45, 2.75) is 6.42 Å². The molecule has 1 N–H and O–H groups in total. The summed E-state index contributed by atoms with van der Waals surface area (Å²) < 4.78 is 5.66. The maximum atomic E-state index is 10.8. The molecule has 0 radical (unpaired) electrons. The Morgan fingerprint density at radius 2 is 1.64 bits per heavy atom. The average Bonchev–Trinajstić information content (AvgIpc) is 2.55. The van der Waals surface area contributed by atoms with Crippen molar-refractivity contribution in [1.29, 1.82) is 0 Å². The second kappa shape index (κ2) is 6.31. The van der Waals surface area contributed by atoms with Gasteiger partial charge < -0.3 is 9.84 Å². The van der Waals surface area contributed by atoms with Crippen LogP contribution in [0.2, 0.25) is 0 Å². The average molecular weight is 292 g/mol. The van der Waals surface area contributed by atoms with Crippen molar-refractivity contribution in [1.82, 2.24) is 0 Å². The van der Waals surface area contributed by atoms with Crippen LogP contribution in [0.25, 0.3) is 10.8 Å². The van der Waals surface area contributed by atoms with Gasteiger partial charge in [0, 0.05) is 6.42 Å². The summed E-state index contributed by atoms with van der Waals surface area (Å²) in [5.74, 6) is -0.242. The number of carbonyl (C=O) groups is 1. The van der Waals surface area contributed by atoms with Gasteiger partial charge in [-0.1, -0.05) is 42.5 Å². The first-order chi connectivity index (χ1) is 10.7. The molecule has 22 heavy (non-hydrogen) atoms. The second-order valence-electron chi connectivity index (χ2n) is 5.11. The molecule has 3 heteroatoms. The fourth-order valence-corrected chi connectivity index (χ4v) is 2.37. The smallest absolute Gasteiger partial charge is 0.335 e. The summed E-state index contributed by atoms with van der Waals surface area (Å²) in [6.45, 7) is 0.560. The first kappa shape index (κ1) is 14.1. The highest BCUT2D eigenvalue weighted by Gasteiger charge is 2.02. The number of fused-ring (bicyclic) bond motifs is 1. The Labute approximate surface area is 128 Å². The van der Waals surface area contributed by atoms with Crippen LogP contribution in [0.1, 0.15) is 15.9 Å².